The molecule has 0 radical (unpaired) electrons. The highest BCUT2D eigenvalue weighted by Gasteiger charge is 2.17. The molecule has 2 aromatic rings. The number of hydrogen-bond donors (Lipinski definition) is 2. The molecule has 1 atom stereocenters. The van der Waals surface area contributed by atoms with Crippen LogP contribution >= 0.6 is 0 Å². The number of nitrogens with one attached hydrogen (secondary N) is 1. The van der Waals surface area contributed by atoms with Gasteiger partial charge in [0.2, 0.25) is 0 Å². The highest BCUT2D eigenvalue weighted by Crippen LogP contribution is 2.26. The summed E-state index contributed by atoms with van der Waals surface area (Å²) < 4.78 is 13.4. The van der Waals surface area contributed by atoms with E-state index >= 15 is 0 Å². The number of pyridine rings is 1. The lowest BCUT2D eigenvalue weighted by Crippen LogP contribution is -2.26. The van der Waals surface area contributed by atoms with Crippen molar-refractivity contribution in [2.75, 3.05) is 12.3 Å². The van der Waals surface area contributed by atoms with E-state index in [4.69, 9.17) is 5.73 Å². The molecule has 1 heterocycles. The first-order valence-corrected chi connectivity index (χ1v) is 7.30. The Morgan fingerprint density at radius 3 is 2.81 bits per heavy atom. The number of nitrogens with two attached hydrogens (primary N) is 1. The summed E-state index contributed by atoms with van der Waals surface area (Å²) in [6, 6.07) is 8.70. The van der Waals surface area contributed by atoms with Gasteiger partial charge in [0.1, 0.15) is 11.6 Å². The molecule has 0 bridgehead atoms. The van der Waals surface area contributed by atoms with E-state index in [1.807, 2.05) is 19.1 Å². The van der Waals surface area contributed by atoms with Gasteiger partial charge in [-0.15, -0.1) is 0 Å². The summed E-state index contributed by atoms with van der Waals surface area (Å²) in [5, 5.41) is 3.49. The summed E-state index contributed by atoms with van der Waals surface area (Å²) in [4.78, 5) is 4.19. The van der Waals surface area contributed by atoms with Crippen molar-refractivity contribution < 1.29 is 4.39 Å². The van der Waals surface area contributed by atoms with E-state index in [2.05, 4.69) is 17.2 Å². The smallest absolute Gasteiger partial charge is 0.128 e. The molecule has 1 aromatic carbocycles. The van der Waals surface area contributed by atoms with Gasteiger partial charge in [-0.05, 0) is 55.6 Å². The monoisotopic (exact) mass is 287 g/mol. The molecule has 0 saturated heterocycles. The molecule has 21 heavy (non-hydrogen) atoms. The molecule has 0 aliphatic carbocycles. The molecule has 0 amide bonds. The van der Waals surface area contributed by atoms with Gasteiger partial charge in [0, 0.05) is 17.8 Å². The van der Waals surface area contributed by atoms with Crippen molar-refractivity contribution in [1.82, 2.24) is 10.3 Å². The molecule has 4 heteroatoms. The van der Waals surface area contributed by atoms with Crippen LogP contribution in [0.2, 0.25) is 0 Å². The molecular formula is C17H22FN3. The fourth-order valence-electron chi connectivity index (χ4n) is 2.54. The number of nitrogens with zero attached hydrogens (tertiary/aromatic N) is 1. The maximum Gasteiger partial charge on any atom is 0.128 e. The first-order valence-electron chi connectivity index (χ1n) is 7.30. The van der Waals surface area contributed by atoms with Crippen LogP contribution in [0.5, 0.6) is 0 Å². The molecule has 0 spiro atoms. The minimum absolute atomic E-state index is 0.0421. The van der Waals surface area contributed by atoms with Crippen LogP contribution in [0, 0.1) is 12.7 Å². The molecule has 1 aromatic heterocycles. The van der Waals surface area contributed by atoms with Crippen LogP contribution in [0.4, 0.5) is 10.2 Å². The van der Waals surface area contributed by atoms with Crippen LogP contribution in [0.15, 0.2) is 36.5 Å². The van der Waals surface area contributed by atoms with Gasteiger partial charge < -0.3 is 11.1 Å². The summed E-state index contributed by atoms with van der Waals surface area (Å²) in [5.74, 6) is 0.331. The highest BCUT2D eigenvalue weighted by molar-refractivity contribution is 5.46. The third kappa shape index (κ3) is 4.02. The fraction of sp³-hybridized carbons (Fsp3) is 0.353. The van der Waals surface area contributed by atoms with Crippen molar-refractivity contribution in [1.29, 1.82) is 0 Å². The lowest BCUT2D eigenvalue weighted by Gasteiger charge is -2.22. The Kier molecular flexibility index (Phi) is 5.28. The van der Waals surface area contributed by atoms with Crippen LogP contribution in [0.25, 0.3) is 0 Å². The first-order chi connectivity index (χ1) is 10.1. The van der Waals surface area contributed by atoms with E-state index in [0.29, 0.717) is 12.2 Å². The predicted octanol–water partition coefficient (Wildman–Crippen LogP) is 3.39. The minimum atomic E-state index is -0.211. The Balaban J connectivity index is 2.30. The Hall–Kier alpha value is -1.94. The average Bonchev–Trinajstić information content (AvgIpc) is 2.44. The number of nitrogen functional groups attached to an aromatic ring is 1. The second-order valence-corrected chi connectivity index (χ2v) is 5.27. The molecular weight excluding hydrogens is 265 g/mol. The Labute approximate surface area is 125 Å². The zero-order chi connectivity index (χ0) is 15.2. The number of benzene rings is 1. The molecule has 3 N–H and O–H groups in total. The predicted molar refractivity (Wildman–Crippen MR) is 84.5 cm³/mol. The van der Waals surface area contributed by atoms with Gasteiger partial charge in [0.05, 0.1) is 0 Å². The summed E-state index contributed by atoms with van der Waals surface area (Å²) in [6.45, 7) is 5.03. The number of rotatable bonds is 6. The average molecular weight is 287 g/mol. The normalized spacial score (nSPS) is 12.3. The zero-order valence-corrected chi connectivity index (χ0v) is 12.6. The summed E-state index contributed by atoms with van der Waals surface area (Å²) >= 11 is 0. The number of halogens is 1. The Bertz CT molecular complexity index is 578. The molecule has 0 saturated carbocycles. The molecule has 112 valence electrons. The molecule has 0 aliphatic heterocycles. The third-order valence-electron chi connectivity index (χ3n) is 3.56. The number of aryl methyl sites for hydroxylation is 1. The summed E-state index contributed by atoms with van der Waals surface area (Å²) in [7, 11) is 0. The molecule has 0 aliphatic rings. The van der Waals surface area contributed by atoms with Crippen molar-refractivity contribution in [2.24, 2.45) is 0 Å². The first kappa shape index (κ1) is 15.4. The van der Waals surface area contributed by atoms with E-state index in [0.717, 1.165) is 29.7 Å². The van der Waals surface area contributed by atoms with Gasteiger partial charge in [0.15, 0.2) is 0 Å². The number of hydrogen-bond acceptors (Lipinski definition) is 3. The standard InChI is InChI=1S/C17H22FN3/c1-3-8-20-15(11-13-5-4-6-14(18)10-13)16-12(2)7-9-21-17(16)19/h4-7,9-10,15,20H,3,8,11H2,1-2H3,(H2,19,21). The number of aromatic nitrogens is 1. The zero-order valence-electron chi connectivity index (χ0n) is 12.6. The van der Waals surface area contributed by atoms with E-state index in [9.17, 15) is 4.39 Å². The maximum atomic E-state index is 13.4. The van der Waals surface area contributed by atoms with Gasteiger partial charge >= 0.3 is 0 Å². The van der Waals surface area contributed by atoms with E-state index in [-0.39, 0.29) is 11.9 Å². The minimum Gasteiger partial charge on any atom is -0.383 e. The van der Waals surface area contributed by atoms with Crippen LogP contribution in [-0.2, 0) is 6.42 Å². The van der Waals surface area contributed by atoms with Gasteiger partial charge in [0.25, 0.3) is 0 Å². The SMILES string of the molecule is CCCNC(Cc1cccc(F)c1)c1c(C)ccnc1N. The molecule has 2 rings (SSSR count). The van der Waals surface area contributed by atoms with Crippen LogP contribution < -0.4 is 11.1 Å². The largest absolute Gasteiger partial charge is 0.383 e. The second-order valence-electron chi connectivity index (χ2n) is 5.27. The third-order valence-corrected chi connectivity index (χ3v) is 3.56. The summed E-state index contributed by atoms with van der Waals surface area (Å²) in [5.41, 5.74) is 9.12. The van der Waals surface area contributed by atoms with Crippen LogP contribution in [0.1, 0.15) is 36.1 Å². The van der Waals surface area contributed by atoms with Crippen molar-refractivity contribution in [3.8, 4) is 0 Å². The van der Waals surface area contributed by atoms with E-state index in [1.54, 1.807) is 18.3 Å². The Morgan fingerprint density at radius 1 is 1.33 bits per heavy atom. The molecule has 0 fully saturated rings. The van der Waals surface area contributed by atoms with Gasteiger partial charge in [-0.1, -0.05) is 19.1 Å². The second kappa shape index (κ2) is 7.18. The summed E-state index contributed by atoms with van der Waals surface area (Å²) in [6.07, 6.45) is 3.43. The van der Waals surface area contributed by atoms with Crippen molar-refractivity contribution in [3.05, 3.63) is 59.0 Å². The fourth-order valence-corrected chi connectivity index (χ4v) is 2.54. The highest BCUT2D eigenvalue weighted by atomic mass is 19.1. The van der Waals surface area contributed by atoms with E-state index < -0.39 is 0 Å². The Morgan fingerprint density at radius 2 is 2.14 bits per heavy atom. The molecule has 1 unspecified atom stereocenters. The molecule has 3 nitrogen and oxygen atoms in total. The van der Waals surface area contributed by atoms with Crippen LogP contribution in [-0.4, -0.2) is 11.5 Å². The number of anilines is 1. The van der Waals surface area contributed by atoms with Crippen molar-refractivity contribution in [2.45, 2.75) is 32.7 Å². The van der Waals surface area contributed by atoms with Crippen LogP contribution in [0.3, 0.4) is 0 Å². The lowest BCUT2D eigenvalue weighted by molar-refractivity contribution is 0.525. The topological polar surface area (TPSA) is 50.9 Å². The van der Waals surface area contributed by atoms with Gasteiger partial charge in [-0.25, -0.2) is 9.37 Å². The van der Waals surface area contributed by atoms with Gasteiger partial charge in [-0.3, -0.25) is 0 Å². The lowest BCUT2D eigenvalue weighted by atomic mass is 9.95. The van der Waals surface area contributed by atoms with Crippen molar-refractivity contribution >= 4 is 5.82 Å². The van der Waals surface area contributed by atoms with Crippen molar-refractivity contribution in [3.63, 3.8) is 0 Å². The maximum absolute atomic E-state index is 13.4. The quantitative estimate of drug-likeness (QED) is 0.856. The van der Waals surface area contributed by atoms with Gasteiger partial charge in [-0.2, -0.15) is 0 Å². The van der Waals surface area contributed by atoms with E-state index in [1.165, 1.54) is 6.07 Å².